The average molecular weight is 258 g/mol. The molecule has 1 aliphatic rings. The van der Waals surface area contributed by atoms with Gasteiger partial charge in [0, 0.05) is 6.54 Å². The van der Waals surface area contributed by atoms with Crippen molar-refractivity contribution in [3.05, 3.63) is 0 Å². The van der Waals surface area contributed by atoms with E-state index in [1.165, 1.54) is 4.90 Å². The van der Waals surface area contributed by atoms with Crippen LogP contribution in [0.3, 0.4) is 0 Å². The van der Waals surface area contributed by atoms with Crippen LogP contribution in [0.25, 0.3) is 0 Å². The normalized spacial score (nSPS) is 19.6. The van der Waals surface area contributed by atoms with Crippen molar-refractivity contribution >= 4 is 11.9 Å². The van der Waals surface area contributed by atoms with E-state index in [9.17, 15) is 14.7 Å². The van der Waals surface area contributed by atoms with E-state index in [4.69, 9.17) is 5.11 Å². The van der Waals surface area contributed by atoms with Crippen molar-refractivity contribution in [3.8, 4) is 0 Å². The van der Waals surface area contributed by atoms with Gasteiger partial charge in [-0.2, -0.15) is 0 Å². The first-order valence-corrected chi connectivity index (χ1v) is 6.37. The second kappa shape index (κ2) is 6.70. The molecule has 6 nitrogen and oxygen atoms in total. The molecule has 0 aromatic rings. The van der Waals surface area contributed by atoms with Gasteiger partial charge in [-0.25, -0.2) is 4.79 Å². The SMILES string of the molecule is CCC(C)CC(O)CN1C(=O)CN(CCO)C1=O. The molecular formula is C12H22N2O4. The van der Waals surface area contributed by atoms with Crippen LogP contribution in [0.15, 0.2) is 0 Å². The van der Waals surface area contributed by atoms with E-state index in [0.717, 1.165) is 11.3 Å². The van der Waals surface area contributed by atoms with E-state index in [1.807, 2.05) is 13.8 Å². The number of hydrogen-bond donors (Lipinski definition) is 2. The number of urea groups is 1. The predicted molar refractivity (Wildman–Crippen MR) is 65.8 cm³/mol. The van der Waals surface area contributed by atoms with Crippen LogP contribution in [0.5, 0.6) is 0 Å². The third-order valence-corrected chi connectivity index (χ3v) is 3.26. The van der Waals surface area contributed by atoms with Crippen molar-refractivity contribution in [1.29, 1.82) is 0 Å². The van der Waals surface area contributed by atoms with Crippen molar-refractivity contribution < 1.29 is 19.8 Å². The lowest BCUT2D eigenvalue weighted by molar-refractivity contribution is -0.126. The van der Waals surface area contributed by atoms with E-state index in [-0.39, 0.29) is 32.1 Å². The second-order valence-electron chi connectivity index (χ2n) is 4.84. The Morgan fingerprint density at radius 3 is 2.61 bits per heavy atom. The van der Waals surface area contributed by atoms with Gasteiger partial charge >= 0.3 is 6.03 Å². The largest absolute Gasteiger partial charge is 0.395 e. The number of β-amino-alcohol motifs (C(OH)–C–C–N with tert-alkyl or cyclic N) is 2. The Kier molecular flexibility index (Phi) is 5.55. The molecular weight excluding hydrogens is 236 g/mol. The molecule has 0 aromatic heterocycles. The second-order valence-corrected chi connectivity index (χ2v) is 4.84. The number of carbonyl (C=O) groups is 2. The average Bonchev–Trinajstić information content (AvgIpc) is 2.57. The molecule has 0 bridgehead atoms. The molecule has 6 heteroatoms. The minimum atomic E-state index is -0.679. The molecule has 104 valence electrons. The van der Waals surface area contributed by atoms with Crippen LogP contribution < -0.4 is 0 Å². The number of aliphatic hydroxyl groups is 2. The molecule has 2 atom stereocenters. The maximum absolute atomic E-state index is 11.8. The molecule has 2 unspecified atom stereocenters. The first-order chi connectivity index (χ1) is 8.49. The third-order valence-electron chi connectivity index (χ3n) is 3.26. The minimum Gasteiger partial charge on any atom is -0.395 e. The van der Waals surface area contributed by atoms with Crippen LogP contribution in [-0.2, 0) is 4.79 Å². The van der Waals surface area contributed by atoms with Crippen LogP contribution in [0.1, 0.15) is 26.7 Å². The molecule has 1 saturated heterocycles. The summed E-state index contributed by atoms with van der Waals surface area (Å²) in [5.74, 6) is 0.0537. The molecule has 3 amide bonds. The zero-order valence-electron chi connectivity index (χ0n) is 11.0. The summed E-state index contributed by atoms with van der Waals surface area (Å²) in [4.78, 5) is 25.8. The lowest BCUT2D eigenvalue weighted by Crippen LogP contribution is -2.39. The lowest BCUT2D eigenvalue weighted by Gasteiger charge is -2.21. The highest BCUT2D eigenvalue weighted by molar-refractivity contribution is 6.02. The molecule has 1 heterocycles. The van der Waals surface area contributed by atoms with E-state index < -0.39 is 12.1 Å². The molecule has 1 rings (SSSR count). The number of amides is 3. The summed E-state index contributed by atoms with van der Waals surface area (Å²) in [5.41, 5.74) is 0. The first kappa shape index (κ1) is 14.9. The number of hydrogen-bond acceptors (Lipinski definition) is 4. The summed E-state index contributed by atoms with van der Waals surface area (Å²) in [6.45, 7) is 4.09. The zero-order valence-corrected chi connectivity index (χ0v) is 11.0. The van der Waals surface area contributed by atoms with Gasteiger partial charge in [-0.1, -0.05) is 20.3 Å². The highest BCUT2D eigenvalue weighted by Gasteiger charge is 2.36. The van der Waals surface area contributed by atoms with Gasteiger partial charge in [-0.3, -0.25) is 9.69 Å². The van der Waals surface area contributed by atoms with Gasteiger partial charge in [0.1, 0.15) is 6.54 Å². The molecule has 0 radical (unpaired) electrons. The topological polar surface area (TPSA) is 81.1 Å². The van der Waals surface area contributed by atoms with Gasteiger partial charge in [-0.15, -0.1) is 0 Å². The van der Waals surface area contributed by atoms with Gasteiger partial charge in [0.05, 0.1) is 19.3 Å². The van der Waals surface area contributed by atoms with Crippen molar-refractivity contribution in [1.82, 2.24) is 9.80 Å². The van der Waals surface area contributed by atoms with Crippen molar-refractivity contribution in [3.63, 3.8) is 0 Å². The monoisotopic (exact) mass is 258 g/mol. The van der Waals surface area contributed by atoms with E-state index >= 15 is 0 Å². The number of nitrogens with zero attached hydrogens (tertiary/aromatic N) is 2. The van der Waals surface area contributed by atoms with E-state index in [1.54, 1.807) is 0 Å². The Morgan fingerprint density at radius 2 is 2.06 bits per heavy atom. The molecule has 0 aliphatic carbocycles. The summed E-state index contributed by atoms with van der Waals surface area (Å²) in [6, 6.07) is -0.419. The fourth-order valence-electron chi connectivity index (χ4n) is 1.99. The summed E-state index contributed by atoms with van der Waals surface area (Å²) in [5, 5.41) is 18.6. The Hall–Kier alpha value is -1.14. The maximum Gasteiger partial charge on any atom is 0.327 e. The highest BCUT2D eigenvalue weighted by atomic mass is 16.3. The molecule has 1 fully saturated rings. The van der Waals surface area contributed by atoms with Crippen LogP contribution in [-0.4, -0.2) is 64.3 Å². The summed E-state index contributed by atoms with van der Waals surface area (Å²) in [7, 11) is 0. The maximum atomic E-state index is 11.8. The molecule has 0 saturated carbocycles. The van der Waals surface area contributed by atoms with Gasteiger partial charge in [-0.05, 0) is 12.3 Å². The van der Waals surface area contributed by atoms with E-state index in [0.29, 0.717) is 12.3 Å². The van der Waals surface area contributed by atoms with Crippen LogP contribution in [0, 0.1) is 5.92 Å². The Bertz CT molecular complexity index is 308. The Balaban J connectivity index is 2.51. The molecule has 1 aliphatic heterocycles. The first-order valence-electron chi connectivity index (χ1n) is 6.37. The van der Waals surface area contributed by atoms with Gasteiger partial charge in [0.25, 0.3) is 0 Å². The summed E-state index contributed by atoms with van der Waals surface area (Å²) < 4.78 is 0. The van der Waals surface area contributed by atoms with Crippen LogP contribution in [0.4, 0.5) is 4.79 Å². The lowest BCUT2D eigenvalue weighted by atomic mass is 10.0. The molecule has 0 spiro atoms. The third kappa shape index (κ3) is 3.68. The summed E-state index contributed by atoms with van der Waals surface area (Å²) >= 11 is 0. The fourth-order valence-corrected chi connectivity index (χ4v) is 1.99. The van der Waals surface area contributed by atoms with E-state index in [2.05, 4.69) is 0 Å². The van der Waals surface area contributed by atoms with Crippen LogP contribution in [0.2, 0.25) is 0 Å². The molecule has 2 N–H and O–H groups in total. The Labute approximate surface area is 107 Å². The molecule has 18 heavy (non-hydrogen) atoms. The van der Waals surface area contributed by atoms with Gasteiger partial charge < -0.3 is 15.1 Å². The van der Waals surface area contributed by atoms with Crippen molar-refractivity contribution in [2.24, 2.45) is 5.92 Å². The number of imide groups is 1. The minimum absolute atomic E-state index is 0.00452. The smallest absolute Gasteiger partial charge is 0.327 e. The summed E-state index contributed by atoms with van der Waals surface area (Å²) in [6.07, 6.45) is 0.852. The number of carbonyl (C=O) groups excluding carboxylic acids is 2. The van der Waals surface area contributed by atoms with Crippen LogP contribution >= 0.6 is 0 Å². The fraction of sp³-hybridized carbons (Fsp3) is 0.833. The predicted octanol–water partition coefficient (Wildman–Crippen LogP) is 0.0400. The van der Waals surface area contributed by atoms with Crippen molar-refractivity contribution in [2.75, 3.05) is 26.2 Å². The standard InChI is InChI=1S/C12H22N2O4/c1-3-9(2)6-10(16)7-14-11(17)8-13(4-5-15)12(14)18/h9-10,15-16H,3-8H2,1-2H3. The quantitative estimate of drug-likeness (QED) is 0.632. The molecule has 0 aromatic carbocycles. The van der Waals surface area contributed by atoms with Gasteiger partial charge in [0.15, 0.2) is 0 Å². The highest BCUT2D eigenvalue weighted by Crippen LogP contribution is 2.15. The van der Waals surface area contributed by atoms with Gasteiger partial charge in [0.2, 0.25) is 5.91 Å². The Morgan fingerprint density at radius 1 is 1.39 bits per heavy atom. The number of aliphatic hydroxyl groups excluding tert-OH is 2. The zero-order chi connectivity index (χ0) is 13.7. The number of rotatable bonds is 7. The van der Waals surface area contributed by atoms with Crippen molar-refractivity contribution in [2.45, 2.75) is 32.8 Å².